The third-order valence-electron chi connectivity index (χ3n) is 5.42. The van der Waals surface area contributed by atoms with Gasteiger partial charge in [0.25, 0.3) is 5.56 Å². The molecule has 2 fully saturated rings. The van der Waals surface area contributed by atoms with Crippen molar-refractivity contribution < 1.29 is 4.74 Å². The lowest BCUT2D eigenvalue weighted by molar-refractivity contribution is 0.0532. The van der Waals surface area contributed by atoms with Gasteiger partial charge in [0.2, 0.25) is 0 Å². The van der Waals surface area contributed by atoms with Crippen LogP contribution in [0, 0.1) is 0 Å². The zero-order chi connectivity index (χ0) is 17.9. The number of morpholine rings is 1. The van der Waals surface area contributed by atoms with Gasteiger partial charge in [0.15, 0.2) is 0 Å². The Balaban J connectivity index is 1.57. The zero-order valence-corrected chi connectivity index (χ0v) is 15.4. The molecule has 2 saturated heterocycles. The highest BCUT2D eigenvalue weighted by Crippen LogP contribution is 2.28. The second kappa shape index (κ2) is 7.54. The zero-order valence-electron chi connectivity index (χ0n) is 15.4. The van der Waals surface area contributed by atoms with Crippen molar-refractivity contribution in [2.75, 3.05) is 36.0 Å². The molecule has 1 unspecified atom stereocenters. The molecular weight excluding hydrogens is 326 g/mol. The molecule has 0 amide bonds. The van der Waals surface area contributed by atoms with Crippen LogP contribution in [0.4, 0.5) is 11.5 Å². The lowest BCUT2D eigenvalue weighted by Gasteiger charge is -2.34. The van der Waals surface area contributed by atoms with E-state index in [1.807, 2.05) is 0 Å². The Morgan fingerprint density at radius 2 is 2.04 bits per heavy atom. The van der Waals surface area contributed by atoms with Crippen LogP contribution in [0.25, 0.3) is 0 Å². The molecule has 2 aliphatic rings. The molecule has 0 spiro atoms. The standard InChI is InChI=1S/C21H27N3O2/c1-16-15-23(10-11-26-16)19-13-20(22-21(25)14-19)24-9-5-8-18(24)12-17-6-3-2-4-7-17/h2-4,6-7,13-14,16,18H,5,8-12,15H2,1H3,(H,22,25)/t16-,18?/m1/s1. The molecule has 2 aliphatic heterocycles. The van der Waals surface area contributed by atoms with E-state index in [4.69, 9.17) is 4.74 Å². The van der Waals surface area contributed by atoms with Gasteiger partial charge in [0, 0.05) is 43.5 Å². The summed E-state index contributed by atoms with van der Waals surface area (Å²) < 4.78 is 5.64. The molecule has 2 atom stereocenters. The van der Waals surface area contributed by atoms with Gasteiger partial charge in [0.05, 0.1) is 12.7 Å². The summed E-state index contributed by atoms with van der Waals surface area (Å²) in [7, 11) is 0. The van der Waals surface area contributed by atoms with Gasteiger partial charge in [-0.05, 0) is 31.7 Å². The molecule has 1 aromatic carbocycles. The number of nitrogens with zero attached hydrogens (tertiary/aromatic N) is 2. The van der Waals surface area contributed by atoms with Crippen LogP contribution in [0.2, 0.25) is 0 Å². The molecule has 5 nitrogen and oxygen atoms in total. The summed E-state index contributed by atoms with van der Waals surface area (Å²) in [5.74, 6) is 0.949. The van der Waals surface area contributed by atoms with Crippen molar-refractivity contribution in [2.24, 2.45) is 0 Å². The number of hydrogen-bond acceptors (Lipinski definition) is 4. The van der Waals surface area contributed by atoms with Crippen LogP contribution in [0.5, 0.6) is 0 Å². The monoisotopic (exact) mass is 353 g/mol. The number of rotatable bonds is 4. The van der Waals surface area contributed by atoms with E-state index in [0.717, 1.165) is 44.0 Å². The number of aromatic nitrogens is 1. The van der Waals surface area contributed by atoms with E-state index in [2.05, 4.69) is 58.1 Å². The third-order valence-corrected chi connectivity index (χ3v) is 5.42. The average molecular weight is 353 g/mol. The third kappa shape index (κ3) is 3.78. The molecule has 26 heavy (non-hydrogen) atoms. The van der Waals surface area contributed by atoms with Crippen LogP contribution in [-0.4, -0.2) is 43.4 Å². The Labute approximate surface area is 154 Å². The van der Waals surface area contributed by atoms with Crippen LogP contribution in [0.3, 0.4) is 0 Å². The molecule has 0 bridgehead atoms. The maximum Gasteiger partial charge on any atom is 0.251 e. The Morgan fingerprint density at radius 1 is 1.19 bits per heavy atom. The number of benzene rings is 1. The minimum absolute atomic E-state index is 0.0259. The van der Waals surface area contributed by atoms with E-state index >= 15 is 0 Å². The minimum Gasteiger partial charge on any atom is -0.375 e. The van der Waals surface area contributed by atoms with E-state index in [-0.39, 0.29) is 11.7 Å². The molecular formula is C21H27N3O2. The first kappa shape index (κ1) is 17.2. The summed E-state index contributed by atoms with van der Waals surface area (Å²) in [5, 5.41) is 0. The van der Waals surface area contributed by atoms with E-state index in [1.165, 1.54) is 12.0 Å². The summed E-state index contributed by atoms with van der Waals surface area (Å²) in [5.41, 5.74) is 2.33. The number of pyridine rings is 1. The second-order valence-corrected chi connectivity index (χ2v) is 7.39. The molecule has 3 heterocycles. The van der Waals surface area contributed by atoms with Gasteiger partial charge < -0.3 is 19.5 Å². The first-order valence-electron chi connectivity index (χ1n) is 9.60. The molecule has 0 saturated carbocycles. The molecule has 4 rings (SSSR count). The number of hydrogen-bond donors (Lipinski definition) is 1. The van der Waals surface area contributed by atoms with Crippen LogP contribution < -0.4 is 15.4 Å². The maximum atomic E-state index is 12.3. The topological polar surface area (TPSA) is 48.6 Å². The van der Waals surface area contributed by atoms with Gasteiger partial charge >= 0.3 is 0 Å². The van der Waals surface area contributed by atoms with Crippen molar-refractivity contribution in [2.45, 2.75) is 38.3 Å². The van der Waals surface area contributed by atoms with Crippen LogP contribution in [0.1, 0.15) is 25.3 Å². The number of anilines is 2. The fourth-order valence-electron chi connectivity index (χ4n) is 4.16. The molecule has 1 aromatic heterocycles. The predicted octanol–water partition coefficient (Wildman–Crippen LogP) is 2.81. The van der Waals surface area contributed by atoms with Crippen LogP contribution in [-0.2, 0) is 11.2 Å². The van der Waals surface area contributed by atoms with E-state index in [9.17, 15) is 4.79 Å². The van der Waals surface area contributed by atoms with Crippen molar-refractivity contribution in [3.63, 3.8) is 0 Å². The maximum absolute atomic E-state index is 12.3. The molecule has 138 valence electrons. The normalized spacial score (nSPS) is 23.4. The van der Waals surface area contributed by atoms with Gasteiger partial charge in [-0.3, -0.25) is 4.79 Å². The van der Waals surface area contributed by atoms with Gasteiger partial charge in [0.1, 0.15) is 5.82 Å². The Bertz CT molecular complexity index is 789. The van der Waals surface area contributed by atoms with Crippen molar-refractivity contribution in [1.29, 1.82) is 0 Å². The molecule has 0 aliphatic carbocycles. The lowest BCUT2D eigenvalue weighted by Crippen LogP contribution is -2.41. The Kier molecular flexibility index (Phi) is 4.98. The highest BCUT2D eigenvalue weighted by molar-refractivity contribution is 5.56. The molecule has 1 N–H and O–H groups in total. The van der Waals surface area contributed by atoms with Crippen molar-refractivity contribution in [1.82, 2.24) is 4.98 Å². The number of nitrogens with one attached hydrogen (secondary N) is 1. The lowest BCUT2D eigenvalue weighted by atomic mass is 10.0. The Hall–Kier alpha value is -2.27. The second-order valence-electron chi connectivity index (χ2n) is 7.39. The largest absolute Gasteiger partial charge is 0.375 e. The average Bonchev–Trinajstić information content (AvgIpc) is 3.10. The van der Waals surface area contributed by atoms with E-state index in [0.29, 0.717) is 12.6 Å². The van der Waals surface area contributed by atoms with E-state index in [1.54, 1.807) is 6.07 Å². The molecule has 0 radical (unpaired) electrons. The first-order valence-corrected chi connectivity index (χ1v) is 9.60. The van der Waals surface area contributed by atoms with Gasteiger partial charge in [-0.1, -0.05) is 30.3 Å². The number of H-pyrrole nitrogens is 1. The van der Waals surface area contributed by atoms with E-state index < -0.39 is 0 Å². The van der Waals surface area contributed by atoms with Crippen molar-refractivity contribution >= 4 is 11.5 Å². The van der Waals surface area contributed by atoms with Gasteiger partial charge in [-0.15, -0.1) is 0 Å². The fraction of sp³-hybridized carbons (Fsp3) is 0.476. The number of ether oxygens (including phenoxy) is 1. The van der Waals surface area contributed by atoms with Crippen molar-refractivity contribution in [3.05, 3.63) is 58.4 Å². The fourth-order valence-corrected chi connectivity index (χ4v) is 4.16. The summed E-state index contributed by atoms with van der Waals surface area (Å²) in [4.78, 5) is 20.0. The highest BCUT2D eigenvalue weighted by Gasteiger charge is 2.26. The Morgan fingerprint density at radius 3 is 2.85 bits per heavy atom. The van der Waals surface area contributed by atoms with Gasteiger partial charge in [-0.25, -0.2) is 0 Å². The first-order chi connectivity index (χ1) is 12.7. The summed E-state index contributed by atoms with van der Waals surface area (Å²) in [6, 6.07) is 14.9. The molecule has 2 aromatic rings. The van der Waals surface area contributed by atoms with Crippen LogP contribution in [0.15, 0.2) is 47.3 Å². The quantitative estimate of drug-likeness (QED) is 0.918. The van der Waals surface area contributed by atoms with Gasteiger partial charge in [-0.2, -0.15) is 0 Å². The summed E-state index contributed by atoms with van der Waals surface area (Å²) in [6.45, 7) is 5.45. The number of aromatic amines is 1. The summed E-state index contributed by atoms with van der Waals surface area (Å²) in [6.07, 6.45) is 3.54. The highest BCUT2D eigenvalue weighted by atomic mass is 16.5. The van der Waals surface area contributed by atoms with Crippen molar-refractivity contribution in [3.8, 4) is 0 Å². The van der Waals surface area contributed by atoms with Crippen LogP contribution >= 0.6 is 0 Å². The summed E-state index contributed by atoms with van der Waals surface area (Å²) >= 11 is 0. The smallest absolute Gasteiger partial charge is 0.251 e. The predicted molar refractivity (Wildman–Crippen MR) is 105 cm³/mol. The minimum atomic E-state index is -0.0259. The SMILES string of the molecule is C[C@@H]1CN(c2cc(N3CCCC3Cc3ccccc3)[nH]c(=O)c2)CCO1. The molecule has 5 heteroatoms.